The van der Waals surface area contributed by atoms with Gasteiger partial charge in [-0.25, -0.2) is 0 Å². The Labute approximate surface area is 112 Å². The van der Waals surface area contributed by atoms with Crippen molar-refractivity contribution in [2.75, 3.05) is 39.9 Å². The maximum Gasteiger partial charge on any atom is 0.0546 e. The second-order valence-electron chi connectivity index (χ2n) is 6.90. The fourth-order valence-corrected chi connectivity index (χ4v) is 3.14. The van der Waals surface area contributed by atoms with Crippen molar-refractivity contribution >= 4 is 0 Å². The fraction of sp³-hybridized carbons (Fsp3) is 1.00. The zero-order valence-electron chi connectivity index (χ0n) is 12.4. The van der Waals surface area contributed by atoms with Crippen LogP contribution in [0.25, 0.3) is 0 Å². The summed E-state index contributed by atoms with van der Waals surface area (Å²) >= 11 is 0. The first kappa shape index (κ1) is 14.3. The third-order valence-electron chi connectivity index (χ3n) is 4.03. The van der Waals surface area contributed by atoms with Gasteiger partial charge in [0.1, 0.15) is 0 Å². The van der Waals surface area contributed by atoms with Gasteiger partial charge in [0.2, 0.25) is 0 Å². The van der Waals surface area contributed by atoms with Crippen LogP contribution in [0.3, 0.4) is 0 Å². The van der Waals surface area contributed by atoms with Gasteiger partial charge in [-0.05, 0) is 38.6 Å². The number of nitrogens with zero attached hydrogens (tertiary/aromatic N) is 1. The van der Waals surface area contributed by atoms with E-state index in [0.717, 1.165) is 31.7 Å². The molecule has 0 spiro atoms. The zero-order valence-corrected chi connectivity index (χ0v) is 12.4. The molecule has 0 bridgehead atoms. The molecule has 1 unspecified atom stereocenters. The molecule has 1 aliphatic heterocycles. The van der Waals surface area contributed by atoms with Crippen LogP contribution in [0.15, 0.2) is 0 Å². The van der Waals surface area contributed by atoms with E-state index in [1.807, 2.05) is 0 Å². The predicted molar refractivity (Wildman–Crippen MR) is 75.8 cm³/mol. The average Bonchev–Trinajstić information content (AvgIpc) is 3.10. The third-order valence-corrected chi connectivity index (χ3v) is 4.03. The van der Waals surface area contributed by atoms with Gasteiger partial charge >= 0.3 is 0 Å². The molecular weight excluding hydrogens is 224 g/mol. The molecule has 1 saturated carbocycles. The molecular formula is C15H30N2O. The van der Waals surface area contributed by atoms with Crippen molar-refractivity contribution in [2.24, 2.45) is 11.3 Å². The molecule has 0 aromatic heterocycles. The van der Waals surface area contributed by atoms with Gasteiger partial charge in [0.05, 0.1) is 6.61 Å². The van der Waals surface area contributed by atoms with Crippen LogP contribution in [0, 0.1) is 11.3 Å². The standard InChI is InChI=1S/C15H30N2O/c1-13(2)9-17(3)11-15(7-4-8-18-12-15)10-16-14-5-6-14/h13-14,16H,4-12H2,1-3H3. The zero-order chi connectivity index (χ0) is 13.0. The fourth-order valence-electron chi connectivity index (χ4n) is 3.14. The second-order valence-corrected chi connectivity index (χ2v) is 6.90. The summed E-state index contributed by atoms with van der Waals surface area (Å²) in [7, 11) is 2.26. The molecule has 0 aromatic rings. The lowest BCUT2D eigenvalue weighted by atomic mass is 9.81. The van der Waals surface area contributed by atoms with Crippen molar-refractivity contribution in [3.05, 3.63) is 0 Å². The third kappa shape index (κ3) is 4.52. The Morgan fingerprint density at radius 3 is 2.72 bits per heavy atom. The van der Waals surface area contributed by atoms with E-state index < -0.39 is 0 Å². The molecule has 106 valence electrons. The van der Waals surface area contributed by atoms with Gasteiger partial charge in [-0.3, -0.25) is 0 Å². The van der Waals surface area contributed by atoms with Crippen molar-refractivity contribution in [2.45, 2.75) is 45.6 Å². The van der Waals surface area contributed by atoms with E-state index >= 15 is 0 Å². The monoisotopic (exact) mass is 254 g/mol. The van der Waals surface area contributed by atoms with E-state index in [2.05, 4.69) is 31.1 Å². The van der Waals surface area contributed by atoms with Crippen LogP contribution in [-0.4, -0.2) is 50.8 Å². The maximum absolute atomic E-state index is 5.78. The second kappa shape index (κ2) is 6.36. The molecule has 2 rings (SSSR count). The van der Waals surface area contributed by atoms with Crippen LogP contribution in [0.5, 0.6) is 0 Å². The van der Waals surface area contributed by atoms with Crippen molar-refractivity contribution in [3.8, 4) is 0 Å². The van der Waals surface area contributed by atoms with E-state index in [0.29, 0.717) is 5.41 Å². The lowest BCUT2D eigenvalue weighted by Gasteiger charge is -2.40. The highest BCUT2D eigenvalue weighted by Gasteiger charge is 2.35. The van der Waals surface area contributed by atoms with E-state index in [4.69, 9.17) is 4.74 Å². The minimum atomic E-state index is 0.352. The van der Waals surface area contributed by atoms with E-state index in [-0.39, 0.29) is 0 Å². The summed E-state index contributed by atoms with van der Waals surface area (Å²) < 4.78 is 5.78. The average molecular weight is 254 g/mol. The number of hydrogen-bond acceptors (Lipinski definition) is 3. The molecule has 0 aromatic carbocycles. The van der Waals surface area contributed by atoms with E-state index in [1.165, 1.54) is 38.8 Å². The Bertz CT molecular complexity index is 245. The molecule has 1 aliphatic carbocycles. The first-order chi connectivity index (χ1) is 8.60. The lowest BCUT2D eigenvalue weighted by molar-refractivity contribution is -0.0240. The minimum absolute atomic E-state index is 0.352. The van der Waals surface area contributed by atoms with Crippen LogP contribution >= 0.6 is 0 Å². The van der Waals surface area contributed by atoms with Gasteiger partial charge < -0.3 is 15.0 Å². The smallest absolute Gasteiger partial charge is 0.0546 e. The van der Waals surface area contributed by atoms with Crippen LogP contribution in [-0.2, 0) is 4.74 Å². The molecule has 3 nitrogen and oxygen atoms in total. The number of hydrogen-bond donors (Lipinski definition) is 1. The normalized spacial score (nSPS) is 29.2. The highest BCUT2D eigenvalue weighted by atomic mass is 16.5. The van der Waals surface area contributed by atoms with Crippen LogP contribution in [0.1, 0.15) is 39.5 Å². The van der Waals surface area contributed by atoms with E-state index in [1.54, 1.807) is 0 Å². The largest absolute Gasteiger partial charge is 0.381 e. The van der Waals surface area contributed by atoms with Gasteiger partial charge in [-0.2, -0.15) is 0 Å². The molecule has 0 radical (unpaired) electrons. The van der Waals surface area contributed by atoms with Gasteiger partial charge in [-0.1, -0.05) is 13.8 Å². The van der Waals surface area contributed by atoms with Gasteiger partial charge in [0.15, 0.2) is 0 Å². The number of rotatable bonds is 7. The Morgan fingerprint density at radius 1 is 1.39 bits per heavy atom. The van der Waals surface area contributed by atoms with Crippen LogP contribution in [0.2, 0.25) is 0 Å². The Morgan fingerprint density at radius 2 is 2.17 bits per heavy atom. The summed E-state index contributed by atoms with van der Waals surface area (Å²) in [5.74, 6) is 0.743. The highest BCUT2D eigenvalue weighted by Crippen LogP contribution is 2.30. The molecule has 1 saturated heterocycles. The Hall–Kier alpha value is -0.120. The van der Waals surface area contributed by atoms with Crippen molar-refractivity contribution in [3.63, 3.8) is 0 Å². The van der Waals surface area contributed by atoms with Gasteiger partial charge in [-0.15, -0.1) is 0 Å². The molecule has 1 atom stereocenters. The topological polar surface area (TPSA) is 24.5 Å². The molecule has 2 aliphatic rings. The molecule has 1 N–H and O–H groups in total. The molecule has 18 heavy (non-hydrogen) atoms. The SMILES string of the molecule is CC(C)CN(C)CC1(CNC2CC2)CCCOC1. The Balaban J connectivity index is 1.85. The summed E-state index contributed by atoms with van der Waals surface area (Å²) in [6, 6.07) is 0.805. The van der Waals surface area contributed by atoms with Crippen molar-refractivity contribution in [1.29, 1.82) is 0 Å². The number of nitrogens with one attached hydrogen (secondary N) is 1. The van der Waals surface area contributed by atoms with Gasteiger partial charge in [0, 0.05) is 37.7 Å². The molecule has 0 amide bonds. The maximum atomic E-state index is 5.78. The van der Waals surface area contributed by atoms with Crippen molar-refractivity contribution in [1.82, 2.24) is 10.2 Å². The van der Waals surface area contributed by atoms with Crippen molar-refractivity contribution < 1.29 is 4.74 Å². The summed E-state index contributed by atoms with van der Waals surface area (Å²) in [4.78, 5) is 2.49. The minimum Gasteiger partial charge on any atom is -0.381 e. The lowest BCUT2D eigenvalue weighted by Crippen LogP contribution is -2.49. The number of ether oxygens (including phenoxy) is 1. The first-order valence-corrected chi connectivity index (χ1v) is 7.59. The quantitative estimate of drug-likeness (QED) is 0.753. The first-order valence-electron chi connectivity index (χ1n) is 7.59. The predicted octanol–water partition coefficient (Wildman–Crippen LogP) is 2.12. The summed E-state index contributed by atoms with van der Waals surface area (Å²) in [6.45, 7) is 9.98. The van der Waals surface area contributed by atoms with Crippen LogP contribution in [0.4, 0.5) is 0 Å². The molecule has 1 heterocycles. The highest BCUT2D eigenvalue weighted by molar-refractivity contribution is 4.90. The Kier molecular flexibility index (Phi) is 5.05. The summed E-state index contributed by atoms with van der Waals surface area (Å²) in [5, 5.41) is 3.72. The van der Waals surface area contributed by atoms with E-state index in [9.17, 15) is 0 Å². The summed E-state index contributed by atoms with van der Waals surface area (Å²) in [6.07, 6.45) is 5.29. The molecule has 2 fully saturated rings. The molecule has 3 heteroatoms. The van der Waals surface area contributed by atoms with Crippen LogP contribution < -0.4 is 5.32 Å². The van der Waals surface area contributed by atoms with Gasteiger partial charge in [0.25, 0.3) is 0 Å². The summed E-state index contributed by atoms with van der Waals surface area (Å²) in [5.41, 5.74) is 0.352.